The van der Waals surface area contributed by atoms with Gasteiger partial charge in [0.25, 0.3) is 6.10 Å². The number of benzene rings is 3. The van der Waals surface area contributed by atoms with Gasteiger partial charge in [-0.05, 0) is 50.6 Å². The fourth-order valence-corrected chi connectivity index (χ4v) is 3.57. The Balaban J connectivity index is 2.17. The lowest BCUT2D eigenvalue weighted by Gasteiger charge is -2.32. The van der Waals surface area contributed by atoms with Crippen LogP contribution >= 0.6 is 0 Å². The topological polar surface area (TPSA) is 144 Å². The number of aliphatic carboxylic acids is 2. The molecule has 2 unspecified atom stereocenters. The number of carbonyl (C=O) groups excluding carboxylic acids is 3. The minimum Gasteiger partial charge on any atom is -0.478 e. The van der Waals surface area contributed by atoms with E-state index in [4.69, 9.17) is 9.47 Å². The van der Waals surface area contributed by atoms with Crippen molar-refractivity contribution >= 4 is 29.7 Å². The number of ether oxygens (including phenoxy) is 2. The maximum atomic E-state index is 13.7. The van der Waals surface area contributed by atoms with Crippen molar-refractivity contribution in [3.63, 3.8) is 0 Å². The minimum absolute atomic E-state index is 0.0932. The van der Waals surface area contributed by atoms with Crippen LogP contribution in [0.15, 0.2) is 72.8 Å². The van der Waals surface area contributed by atoms with Crippen molar-refractivity contribution in [2.45, 2.75) is 32.5 Å². The molecular weight excluding hydrogens is 480 g/mol. The van der Waals surface area contributed by atoms with Crippen molar-refractivity contribution in [3.05, 3.63) is 106 Å². The van der Waals surface area contributed by atoms with Gasteiger partial charge in [0.15, 0.2) is 0 Å². The molecular formula is C28H24O9. The minimum atomic E-state index is -3.44. The van der Waals surface area contributed by atoms with Gasteiger partial charge >= 0.3 is 29.5 Å². The molecule has 0 radical (unpaired) electrons. The molecule has 0 bridgehead atoms. The van der Waals surface area contributed by atoms with Crippen molar-refractivity contribution < 1.29 is 43.7 Å². The maximum absolute atomic E-state index is 13.7. The lowest BCUT2D eigenvalue weighted by atomic mass is 9.85. The van der Waals surface area contributed by atoms with E-state index in [1.54, 1.807) is 44.2 Å². The summed E-state index contributed by atoms with van der Waals surface area (Å²) in [7, 11) is 0. The molecule has 0 saturated carbocycles. The van der Waals surface area contributed by atoms with E-state index in [2.05, 4.69) is 0 Å². The van der Waals surface area contributed by atoms with Crippen molar-refractivity contribution in [1.82, 2.24) is 0 Å². The van der Waals surface area contributed by atoms with Crippen LogP contribution in [0.25, 0.3) is 0 Å². The molecule has 9 nitrogen and oxygen atoms in total. The van der Waals surface area contributed by atoms with Gasteiger partial charge in [-0.2, -0.15) is 0 Å². The molecule has 2 N–H and O–H groups in total. The number of hydrogen-bond donors (Lipinski definition) is 2. The second-order valence-electron chi connectivity index (χ2n) is 8.43. The van der Waals surface area contributed by atoms with Crippen molar-refractivity contribution in [1.29, 1.82) is 0 Å². The van der Waals surface area contributed by atoms with Crippen molar-refractivity contribution in [3.8, 4) is 0 Å². The summed E-state index contributed by atoms with van der Waals surface area (Å²) in [5.74, 6) is -8.00. The van der Waals surface area contributed by atoms with Crippen LogP contribution in [0.2, 0.25) is 0 Å². The summed E-state index contributed by atoms with van der Waals surface area (Å²) in [4.78, 5) is 64.7. The fraction of sp³-hybridized carbons (Fsp3) is 0.179. The van der Waals surface area contributed by atoms with Crippen LogP contribution in [0.3, 0.4) is 0 Å². The molecule has 0 amide bonds. The van der Waals surface area contributed by atoms with Crippen LogP contribution in [-0.2, 0) is 19.1 Å². The van der Waals surface area contributed by atoms with Gasteiger partial charge in [0, 0.05) is 5.56 Å². The van der Waals surface area contributed by atoms with Crippen LogP contribution < -0.4 is 0 Å². The molecule has 0 heterocycles. The Kier molecular flexibility index (Phi) is 7.87. The predicted octanol–water partition coefficient (Wildman–Crippen LogP) is 3.79. The number of carboxylic acid groups (broad SMARTS) is 2. The molecule has 2 atom stereocenters. The third-order valence-corrected chi connectivity index (χ3v) is 5.69. The zero-order valence-electron chi connectivity index (χ0n) is 20.3. The number of aryl methyl sites for hydroxylation is 3. The van der Waals surface area contributed by atoms with Crippen LogP contribution in [0.1, 0.15) is 47.8 Å². The second kappa shape index (κ2) is 10.9. The largest absolute Gasteiger partial charge is 0.478 e. The highest BCUT2D eigenvalue weighted by Crippen LogP contribution is 2.30. The lowest BCUT2D eigenvalue weighted by molar-refractivity contribution is -0.176. The Morgan fingerprint density at radius 1 is 0.703 bits per heavy atom. The molecule has 0 aromatic heterocycles. The summed E-state index contributed by atoms with van der Waals surface area (Å²) in [6.07, 6.45) is -2.72. The Morgan fingerprint density at radius 3 is 1.65 bits per heavy atom. The molecule has 0 spiro atoms. The number of carbonyl (C=O) groups is 5. The maximum Gasteiger partial charge on any atom is 0.361 e. The van der Waals surface area contributed by atoms with E-state index in [1.165, 1.54) is 49.4 Å². The smallest absolute Gasteiger partial charge is 0.361 e. The highest BCUT2D eigenvalue weighted by Gasteiger charge is 2.62. The van der Waals surface area contributed by atoms with Crippen LogP contribution in [0.4, 0.5) is 0 Å². The molecule has 0 aliphatic carbocycles. The molecule has 0 fully saturated rings. The Morgan fingerprint density at radius 2 is 1.19 bits per heavy atom. The number of hydrogen-bond acceptors (Lipinski definition) is 7. The van der Waals surface area contributed by atoms with Crippen molar-refractivity contribution in [2.24, 2.45) is 0 Å². The first-order valence-electron chi connectivity index (χ1n) is 11.1. The predicted molar refractivity (Wildman–Crippen MR) is 130 cm³/mol. The van der Waals surface area contributed by atoms with Gasteiger partial charge in [-0.25, -0.2) is 19.2 Å². The lowest BCUT2D eigenvalue weighted by Crippen LogP contribution is -2.63. The third-order valence-electron chi connectivity index (χ3n) is 5.69. The molecule has 9 heteroatoms. The highest BCUT2D eigenvalue weighted by molar-refractivity contribution is 6.20. The normalized spacial score (nSPS) is 13.1. The summed E-state index contributed by atoms with van der Waals surface area (Å²) in [5.41, 5.74) is -2.02. The van der Waals surface area contributed by atoms with Gasteiger partial charge < -0.3 is 19.7 Å². The molecule has 0 aliphatic heterocycles. The van der Waals surface area contributed by atoms with Crippen molar-refractivity contribution in [2.75, 3.05) is 0 Å². The van der Waals surface area contributed by atoms with Gasteiger partial charge in [-0.3, -0.25) is 4.79 Å². The van der Waals surface area contributed by atoms with Crippen LogP contribution in [0.5, 0.6) is 0 Å². The molecule has 0 saturated heterocycles. The number of Topliss-reactive ketones (excluding diaryl/α,β-unsaturated/α-hetero) is 1. The highest BCUT2D eigenvalue weighted by atomic mass is 16.6. The first-order chi connectivity index (χ1) is 17.5. The van der Waals surface area contributed by atoms with E-state index in [0.29, 0.717) is 5.56 Å². The Bertz CT molecular complexity index is 1360. The van der Waals surface area contributed by atoms with Gasteiger partial charge in [-0.1, -0.05) is 59.7 Å². The zero-order chi connectivity index (χ0) is 27.3. The summed E-state index contributed by atoms with van der Waals surface area (Å²) >= 11 is 0. The summed E-state index contributed by atoms with van der Waals surface area (Å²) < 4.78 is 10.3. The van der Waals surface area contributed by atoms with Gasteiger partial charge in [0.2, 0.25) is 5.78 Å². The average Bonchev–Trinajstić information content (AvgIpc) is 2.86. The van der Waals surface area contributed by atoms with Crippen LogP contribution in [-0.4, -0.2) is 51.6 Å². The van der Waals surface area contributed by atoms with E-state index in [-0.39, 0.29) is 16.7 Å². The number of esters is 2. The molecule has 3 rings (SSSR count). The number of carboxylic acids is 2. The quantitative estimate of drug-likeness (QED) is 0.253. The molecule has 3 aromatic carbocycles. The van der Waals surface area contributed by atoms with Gasteiger partial charge in [0.05, 0.1) is 11.1 Å². The fourth-order valence-electron chi connectivity index (χ4n) is 3.57. The Hall–Kier alpha value is -4.79. The molecule has 3 aromatic rings. The van der Waals surface area contributed by atoms with E-state index in [1.807, 2.05) is 0 Å². The molecule has 0 aliphatic rings. The van der Waals surface area contributed by atoms with E-state index in [0.717, 1.165) is 11.1 Å². The SMILES string of the molecule is Cc1ccc(C(=O)OC(C(=O)O)C(OC(=O)c2ccc(C)cc2)(C(=O)O)C(=O)c2ccccc2C)cc1. The van der Waals surface area contributed by atoms with Crippen LogP contribution in [0, 0.1) is 20.8 Å². The molecule has 37 heavy (non-hydrogen) atoms. The van der Waals surface area contributed by atoms with Gasteiger partial charge in [-0.15, -0.1) is 0 Å². The van der Waals surface area contributed by atoms with E-state index >= 15 is 0 Å². The van der Waals surface area contributed by atoms with Gasteiger partial charge in [0.1, 0.15) is 0 Å². The monoisotopic (exact) mass is 504 g/mol. The number of rotatable bonds is 9. The Labute approximate surface area is 212 Å². The van der Waals surface area contributed by atoms with E-state index < -0.39 is 41.4 Å². The number of ketones is 1. The summed E-state index contributed by atoms with van der Waals surface area (Å²) in [5, 5.41) is 20.3. The van der Waals surface area contributed by atoms with E-state index in [9.17, 15) is 34.2 Å². The average molecular weight is 504 g/mol. The first-order valence-corrected chi connectivity index (χ1v) is 11.1. The first kappa shape index (κ1) is 26.8. The zero-order valence-corrected chi connectivity index (χ0v) is 20.3. The standard InChI is InChI=1S/C28H24O9/c1-16-8-12-19(13-9-16)25(32)36-23(24(30)31)28(27(34)35,22(29)21-7-5-4-6-18(21)3)37-26(33)20-14-10-17(2)11-15-20/h4-15,23H,1-3H3,(H,30,31)(H,34,35). The summed E-state index contributed by atoms with van der Waals surface area (Å²) in [6.45, 7) is 5.01. The second-order valence-corrected chi connectivity index (χ2v) is 8.43. The summed E-state index contributed by atoms with van der Waals surface area (Å²) in [6, 6.07) is 17.4. The third kappa shape index (κ3) is 5.56. The molecule has 190 valence electrons.